The number of allylic oxidation sites excluding steroid dienone is 4. The second-order valence-corrected chi connectivity index (χ2v) is 11.4. The first-order valence-electron chi connectivity index (χ1n) is 12.5. The molecule has 1 heterocycles. The molecule has 36 heavy (non-hydrogen) atoms. The highest BCUT2D eigenvalue weighted by Gasteiger charge is 2.73. The molecule has 0 bridgehead atoms. The summed E-state index contributed by atoms with van der Waals surface area (Å²) < 4.78 is 51.8. The van der Waals surface area contributed by atoms with Gasteiger partial charge in [-0.25, -0.2) is 13.2 Å². The van der Waals surface area contributed by atoms with Crippen LogP contribution >= 0.6 is 0 Å². The number of furan rings is 1. The number of aliphatic hydroxyl groups excluding tert-OH is 1. The highest BCUT2D eigenvalue weighted by Crippen LogP contribution is 2.70. The van der Waals surface area contributed by atoms with Gasteiger partial charge in [-0.3, -0.25) is 9.59 Å². The average Bonchev–Trinajstić information content (AvgIpc) is 3.42. The molecule has 1 aromatic rings. The molecule has 0 aromatic carbocycles. The van der Waals surface area contributed by atoms with Crippen molar-refractivity contribution in [3.05, 3.63) is 48.0 Å². The third-order valence-corrected chi connectivity index (χ3v) is 9.64. The number of carbonyl (C=O) groups excluding carboxylic acids is 2. The van der Waals surface area contributed by atoms with E-state index >= 15 is 8.78 Å². The molecule has 0 amide bonds. The van der Waals surface area contributed by atoms with E-state index in [-0.39, 0.29) is 37.9 Å². The normalized spacial score (nSPS) is 43.7. The fourth-order valence-corrected chi connectivity index (χ4v) is 8.20. The van der Waals surface area contributed by atoms with Gasteiger partial charge >= 0.3 is 0 Å². The summed E-state index contributed by atoms with van der Waals surface area (Å²) in [6.45, 7) is 2.13. The highest BCUT2D eigenvalue weighted by atomic mass is 19.1. The third-order valence-electron chi connectivity index (χ3n) is 9.64. The number of nitrogens with zero attached hydrogens (tertiary/aromatic N) is 1. The number of alkyl halides is 3. The lowest BCUT2D eigenvalue weighted by Gasteiger charge is -2.62. The Kier molecular flexibility index (Phi) is 6.12. The molecule has 6 nitrogen and oxygen atoms in total. The first kappa shape index (κ1) is 25.4. The summed E-state index contributed by atoms with van der Waals surface area (Å²) in [7, 11) is 0. The molecule has 2 N–H and O–H groups in total. The van der Waals surface area contributed by atoms with E-state index in [0.29, 0.717) is 5.76 Å². The first-order chi connectivity index (χ1) is 17.0. The molecule has 9 heteroatoms. The number of fused-ring (bicyclic) bond motifs is 5. The van der Waals surface area contributed by atoms with Crippen molar-refractivity contribution in [1.82, 2.24) is 5.06 Å². The van der Waals surface area contributed by atoms with Gasteiger partial charge in [-0.15, -0.1) is 0 Å². The zero-order valence-corrected chi connectivity index (χ0v) is 20.4. The second-order valence-electron chi connectivity index (χ2n) is 11.4. The van der Waals surface area contributed by atoms with Crippen LogP contribution in [0.5, 0.6) is 0 Å². The van der Waals surface area contributed by atoms with Gasteiger partial charge in [-0.2, -0.15) is 5.06 Å². The largest absolute Gasteiger partial charge is 0.468 e. The molecule has 0 radical (unpaired) electrons. The average molecular weight is 508 g/mol. The molecule has 0 aliphatic heterocycles. The molecule has 1 aromatic heterocycles. The molecular weight excluding hydrogens is 475 g/mol. The lowest BCUT2D eigenvalue weighted by atomic mass is 9.45. The molecule has 0 saturated heterocycles. The number of ketones is 2. The summed E-state index contributed by atoms with van der Waals surface area (Å²) in [5.41, 5.74) is -4.75. The van der Waals surface area contributed by atoms with Crippen molar-refractivity contribution >= 4 is 11.6 Å². The van der Waals surface area contributed by atoms with Crippen LogP contribution in [0.1, 0.15) is 38.9 Å². The van der Waals surface area contributed by atoms with E-state index in [9.17, 15) is 24.3 Å². The Morgan fingerprint density at radius 3 is 2.69 bits per heavy atom. The van der Waals surface area contributed by atoms with Gasteiger partial charge in [0.25, 0.3) is 0 Å². The second kappa shape index (κ2) is 8.67. The molecular formula is C27H32F3NO5. The van der Waals surface area contributed by atoms with Gasteiger partial charge in [0.15, 0.2) is 17.2 Å². The van der Waals surface area contributed by atoms with Gasteiger partial charge in [0.2, 0.25) is 0 Å². The zero-order valence-electron chi connectivity index (χ0n) is 20.4. The number of Topliss-reactive ketones (excluding diaryl/α,β-unsaturated/α-hetero) is 1. The number of carbonyl (C=O) groups is 2. The number of hydrogen-bond donors (Lipinski definition) is 2. The maximum Gasteiger partial charge on any atom is 0.178 e. The molecule has 9 atom stereocenters. The van der Waals surface area contributed by atoms with Gasteiger partial charge in [-0.05, 0) is 73.3 Å². The van der Waals surface area contributed by atoms with Crippen LogP contribution in [-0.2, 0) is 16.1 Å². The van der Waals surface area contributed by atoms with Gasteiger partial charge in [0.1, 0.15) is 18.6 Å². The third kappa shape index (κ3) is 3.50. The fourth-order valence-electron chi connectivity index (χ4n) is 8.20. The first-order valence-corrected chi connectivity index (χ1v) is 12.5. The molecule has 0 unspecified atom stereocenters. The molecule has 4 aliphatic rings. The van der Waals surface area contributed by atoms with Crippen molar-refractivity contribution in [3.63, 3.8) is 0 Å². The van der Waals surface area contributed by atoms with Crippen molar-refractivity contribution in [2.75, 3.05) is 13.2 Å². The van der Waals surface area contributed by atoms with E-state index in [0.717, 1.165) is 11.1 Å². The maximum absolute atomic E-state index is 17.2. The van der Waals surface area contributed by atoms with E-state index in [1.54, 1.807) is 19.1 Å². The van der Waals surface area contributed by atoms with Crippen LogP contribution in [0.2, 0.25) is 0 Å². The SMILES string of the molecule is C[C@]12C[C@H](O)[C@@]3(F)[C@@H](C[C@H](F)C4=CC(=O)C=C[C@@]43C)[C@@H]1C[C@@H](CN(O)Cc1ccco1)[C@@H]2C(=O)CF. The van der Waals surface area contributed by atoms with E-state index in [4.69, 9.17) is 4.42 Å². The number of hydroxylamine groups is 2. The summed E-state index contributed by atoms with van der Waals surface area (Å²) >= 11 is 0. The Morgan fingerprint density at radius 1 is 1.28 bits per heavy atom. The van der Waals surface area contributed by atoms with Crippen molar-refractivity contribution < 1.29 is 37.5 Å². The van der Waals surface area contributed by atoms with Crippen molar-refractivity contribution in [3.8, 4) is 0 Å². The van der Waals surface area contributed by atoms with Crippen LogP contribution in [0.3, 0.4) is 0 Å². The summed E-state index contributed by atoms with van der Waals surface area (Å²) in [6.07, 6.45) is 1.97. The predicted molar refractivity (Wildman–Crippen MR) is 123 cm³/mol. The number of hydrogen-bond acceptors (Lipinski definition) is 6. The zero-order chi connectivity index (χ0) is 26.0. The Bertz CT molecular complexity index is 1100. The summed E-state index contributed by atoms with van der Waals surface area (Å²) in [4.78, 5) is 24.9. The van der Waals surface area contributed by atoms with Crippen LogP contribution in [-0.4, -0.2) is 58.1 Å². The smallest absolute Gasteiger partial charge is 0.178 e. The van der Waals surface area contributed by atoms with Crippen molar-refractivity contribution in [2.45, 2.75) is 57.6 Å². The molecule has 0 spiro atoms. The Morgan fingerprint density at radius 2 is 2.03 bits per heavy atom. The lowest BCUT2D eigenvalue weighted by molar-refractivity contribution is -0.202. The molecule has 3 saturated carbocycles. The summed E-state index contributed by atoms with van der Waals surface area (Å²) in [5, 5.41) is 22.9. The summed E-state index contributed by atoms with van der Waals surface area (Å²) in [6, 6.07) is 3.37. The maximum atomic E-state index is 17.2. The molecule has 5 rings (SSSR count). The Labute approximate surface area is 207 Å². The Hall–Kier alpha value is -2.23. The van der Waals surface area contributed by atoms with Crippen LogP contribution in [0, 0.1) is 34.5 Å². The van der Waals surface area contributed by atoms with Crippen LogP contribution in [0.15, 0.2) is 46.6 Å². The Balaban J connectivity index is 1.51. The minimum atomic E-state index is -2.27. The standard InChI is InChI=1S/C27H32F3NO5/c1-25-11-23(34)27(30)19(10-21(29)20-9-16(32)5-6-26(20,27)2)18(25)8-15(24(25)22(33)12-28)13-31(35)14-17-4-3-7-36-17/h3-7,9,15,18-19,21,23-24,34-35H,8,10-14H2,1-2H3/t15-,18-,19-,21-,23-,24+,25-,26-,27-/m0/s1. The van der Waals surface area contributed by atoms with Crippen LogP contribution < -0.4 is 0 Å². The van der Waals surface area contributed by atoms with Gasteiger partial charge in [0.05, 0.1) is 18.9 Å². The molecule has 3 fully saturated rings. The lowest BCUT2D eigenvalue weighted by Crippen LogP contribution is -2.68. The van der Waals surface area contributed by atoms with Gasteiger partial charge in [0, 0.05) is 23.8 Å². The monoisotopic (exact) mass is 507 g/mol. The minimum absolute atomic E-state index is 0.0151. The molecule has 4 aliphatic carbocycles. The van der Waals surface area contributed by atoms with Gasteiger partial charge < -0.3 is 14.7 Å². The minimum Gasteiger partial charge on any atom is -0.468 e. The quantitative estimate of drug-likeness (QED) is 0.562. The van der Waals surface area contributed by atoms with E-state index in [1.807, 2.05) is 0 Å². The number of halogens is 3. The topological polar surface area (TPSA) is 91.0 Å². The predicted octanol–water partition coefficient (Wildman–Crippen LogP) is 4.17. The summed E-state index contributed by atoms with van der Waals surface area (Å²) in [5.74, 6) is -3.46. The van der Waals surface area contributed by atoms with E-state index in [2.05, 4.69) is 0 Å². The number of aliphatic hydroxyl groups is 1. The van der Waals surface area contributed by atoms with Crippen molar-refractivity contribution in [2.24, 2.45) is 34.5 Å². The van der Waals surface area contributed by atoms with Crippen LogP contribution in [0.25, 0.3) is 0 Å². The molecule has 196 valence electrons. The van der Waals surface area contributed by atoms with E-state index in [1.165, 1.54) is 25.3 Å². The van der Waals surface area contributed by atoms with Crippen molar-refractivity contribution in [1.29, 1.82) is 0 Å². The van der Waals surface area contributed by atoms with Crippen LogP contribution in [0.4, 0.5) is 13.2 Å². The van der Waals surface area contributed by atoms with Gasteiger partial charge in [-0.1, -0.05) is 13.0 Å². The highest BCUT2D eigenvalue weighted by molar-refractivity contribution is 6.01. The number of rotatable bonds is 6. The van der Waals surface area contributed by atoms with E-state index < -0.39 is 70.7 Å². The fraction of sp³-hybridized carbons (Fsp3) is 0.630.